The number of aromatic nitrogens is 4. The van der Waals surface area contributed by atoms with Gasteiger partial charge in [0.1, 0.15) is 29.0 Å². The molecule has 0 saturated carbocycles. The van der Waals surface area contributed by atoms with E-state index in [0.717, 1.165) is 10.8 Å². The Morgan fingerprint density at radius 2 is 1.70 bits per heavy atom. The van der Waals surface area contributed by atoms with Crippen molar-refractivity contribution in [3.63, 3.8) is 0 Å². The van der Waals surface area contributed by atoms with Gasteiger partial charge in [0.25, 0.3) is 5.91 Å². The van der Waals surface area contributed by atoms with E-state index in [2.05, 4.69) is 35.9 Å². The maximum atomic E-state index is 12.5. The summed E-state index contributed by atoms with van der Waals surface area (Å²) < 4.78 is 0. The van der Waals surface area contributed by atoms with Crippen LogP contribution in [0.5, 0.6) is 0 Å². The number of hydrogen-bond donors (Lipinski definition) is 3. The minimum absolute atomic E-state index is 0.204. The summed E-state index contributed by atoms with van der Waals surface area (Å²) >= 11 is 0. The third-order valence-electron chi connectivity index (χ3n) is 4.36. The van der Waals surface area contributed by atoms with E-state index >= 15 is 0 Å². The summed E-state index contributed by atoms with van der Waals surface area (Å²) in [4.78, 5) is 29.8. The van der Waals surface area contributed by atoms with Crippen molar-refractivity contribution in [2.24, 2.45) is 0 Å². The van der Waals surface area contributed by atoms with Gasteiger partial charge in [0.05, 0.1) is 0 Å². The van der Waals surface area contributed by atoms with Gasteiger partial charge in [-0.1, -0.05) is 30.3 Å². The van der Waals surface area contributed by atoms with Gasteiger partial charge in [-0.2, -0.15) is 0 Å². The molecule has 0 aliphatic heterocycles. The predicted molar refractivity (Wildman–Crippen MR) is 117 cm³/mol. The van der Waals surface area contributed by atoms with E-state index in [4.69, 9.17) is 0 Å². The first-order valence-corrected chi connectivity index (χ1v) is 9.58. The molecule has 3 aromatic heterocycles. The van der Waals surface area contributed by atoms with Crippen LogP contribution in [0.25, 0.3) is 10.8 Å². The summed E-state index contributed by atoms with van der Waals surface area (Å²) in [5, 5.41) is 11.1. The van der Waals surface area contributed by atoms with Crippen molar-refractivity contribution < 1.29 is 4.79 Å². The van der Waals surface area contributed by atoms with E-state index in [1.54, 1.807) is 18.5 Å². The number of fused-ring (bicyclic) bond motifs is 1. The zero-order valence-corrected chi connectivity index (χ0v) is 16.5. The van der Waals surface area contributed by atoms with Crippen molar-refractivity contribution in [3.8, 4) is 0 Å². The number of rotatable bonds is 7. The number of anilines is 3. The minimum atomic E-state index is -0.204. The predicted octanol–water partition coefficient (Wildman–Crippen LogP) is 3.31. The Morgan fingerprint density at radius 1 is 0.867 bits per heavy atom. The van der Waals surface area contributed by atoms with Crippen molar-refractivity contribution in [1.29, 1.82) is 0 Å². The van der Waals surface area contributed by atoms with Gasteiger partial charge in [-0.15, -0.1) is 0 Å². The Balaban J connectivity index is 1.34. The number of amides is 1. The van der Waals surface area contributed by atoms with Crippen LogP contribution in [0.15, 0.2) is 67.0 Å². The molecule has 0 radical (unpaired) electrons. The van der Waals surface area contributed by atoms with Crippen molar-refractivity contribution in [2.45, 2.75) is 6.92 Å². The Hall–Kier alpha value is -4.07. The van der Waals surface area contributed by atoms with E-state index in [9.17, 15) is 4.79 Å². The molecule has 0 bridgehead atoms. The molecule has 4 aromatic rings. The monoisotopic (exact) mass is 399 g/mol. The van der Waals surface area contributed by atoms with E-state index < -0.39 is 0 Å². The number of nitrogens with zero attached hydrogens (tertiary/aromatic N) is 4. The highest BCUT2D eigenvalue weighted by molar-refractivity contribution is 6.05. The van der Waals surface area contributed by atoms with Crippen molar-refractivity contribution in [3.05, 3.63) is 78.5 Å². The number of carbonyl (C=O) groups excluding carboxylic acids is 1. The first-order valence-electron chi connectivity index (χ1n) is 9.58. The van der Waals surface area contributed by atoms with Crippen LogP contribution in [-0.4, -0.2) is 38.9 Å². The third kappa shape index (κ3) is 4.67. The third-order valence-corrected chi connectivity index (χ3v) is 4.36. The largest absolute Gasteiger partial charge is 0.368 e. The molecule has 1 amide bonds. The van der Waals surface area contributed by atoms with Crippen LogP contribution in [0, 0.1) is 6.92 Å². The molecule has 0 aliphatic carbocycles. The van der Waals surface area contributed by atoms with E-state index in [1.807, 2.05) is 55.5 Å². The van der Waals surface area contributed by atoms with E-state index in [1.165, 1.54) is 0 Å². The van der Waals surface area contributed by atoms with Crippen LogP contribution in [0.4, 0.5) is 17.5 Å². The van der Waals surface area contributed by atoms with Gasteiger partial charge >= 0.3 is 0 Å². The van der Waals surface area contributed by atoms with Crippen molar-refractivity contribution in [1.82, 2.24) is 25.3 Å². The normalized spacial score (nSPS) is 10.6. The quantitative estimate of drug-likeness (QED) is 0.410. The standard InChI is InChI=1S/C22H21N7O/c1-15-27-19(14-20(28-15)29-18-8-4-5-10-23-18)24-12-13-26-22(30)21-17-7-3-2-6-16(17)9-11-25-21/h2-11,14H,12-13H2,1H3,(H,26,30)(H2,23,24,27,28,29). The Kier molecular flexibility index (Phi) is 5.75. The lowest BCUT2D eigenvalue weighted by Gasteiger charge is -2.11. The molecular weight excluding hydrogens is 378 g/mol. The lowest BCUT2D eigenvalue weighted by molar-refractivity contribution is 0.0952. The lowest BCUT2D eigenvalue weighted by Crippen LogP contribution is -2.29. The van der Waals surface area contributed by atoms with Crippen molar-refractivity contribution >= 4 is 34.1 Å². The van der Waals surface area contributed by atoms with Gasteiger partial charge < -0.3 is 16.0 Å². The molecule has 8 nitrogen and oxygen atoms in total. The van der Waals surface area contributed by atoms with Gasteiger partial charge in [-0.25, -0.2) is 15.0 Å². The number of hydrogen-bond acceptors (Lipinski definition) is 7. The molecule has 4 rings (SSSR count). The average molecular weight is 399 g/mol. The molecule has 0 spiro atoms. The van der Waals surface area contributed by atoms with Gasteiger partial charge in [0.2, 0.25) is 0 Å². The molecule has 0 saturated heterocycles. The molecule has 0 fully saturated rings. The van der Waals surface area contributed by atoms with Gasteiger partial charge in [-0.3, -0.25) is 9.78 Å². The summed E-state index contributed by atoms with van der Waals surface area (Å²) in [5.74, 6) is 2.44. The molecule has 3 N–H and O–H groups in total. The first-order chi connectivity index (χ1) is 14.7. The van der Waals surface area contributed by atoms with Crippen molar-refractivity contribution in [2.75, 3.05) is 23.7 Å². The van der Waals surface area contributed by atoms with Crippen LogP contribution >= 0.6 is 0 Å². The molecule has 8 heteroatoms. The van der Waals surface area contributed by atoms with Crippen LogP contribution in [0.2, 0.25) is 0 Å². The van der Waals surface area contributed by atoms with Crippen LogP contribution in [-0.2, 0) is 0 Å². The highest BCUT2D eigenvalue weighted by atomic mass is 16.1. The smallest absolute Gasteiger partial charge is 0.270 e. The van der Waals surface area contributed by atoms with Crippen LogP contribution in [0.1, 0.15) is 16.3 Å². The number of benzene rings is 1. The van der Waals surface area contributed by atoms with Gasteiger partial charge in [-0.05, 0) is 30.5 Å². The first kappa shape index (κ1) is 19.3. The summed E-state index contributed by atoms with van der Waals surface area (Å²) in [5.41, 5.74) is 0.424. The topological polar surface area (TPSA) is 105 Å². The maximum absolute atomic E-state index is 12.5. The SMILES string of the molecule is Cc1nc(NCCNC(=O)c2nccc3ccccc23)cc(Nc2ccccn2)n1. The Morgan fingerprint density at radius 3 is 2.57 bits per heavy atom. The number of nitrogens with one attached hydrogen (secondary N) is 3. The van der Waals surface area contributed by atoms with Crippen LogP contribution < -0.4 is 16.0 Å². The lowest BCUT2D eigenvalue weighted by atomic mass is 10.1. The highest BCUT2D eigenvalue weighted by Crippen LogP contribution is 2.17. The summed E-state index contributed by atoms with van der Waals surface area (Å²) in [7, 11) is 0. The summed E-state index contributed by atoms with van der Waals surface area (Å²) in [6.07, 6.45) is 3.36. The van der Waals surface area contributed by atoms with Gasteiger partial charge in [0.15, 0.2) is 0 Å². The number of pyridine rings is 2. The minimum Gasteiger partial charge on any atom is -0.368 e. The Bertz CT molecular complexity index is 1160. The van der Waals surface area contributed by atoms with E-state index in [-0.39, 0.29) is 5.91 Å². The summed E-state index contributed by atoms with van der Waals surface area (Å²) in [6.45, 7) is 2.76. The highest BCUT2D eigenvalue weighted by Gasteiger charge is 2.10. The molecule has 150 valence electrons. The second kappa shape index (κ2) is 8.95. The zero-order valence-electron chi connectivity index (χ0n) is 16.5. The summed E-state index contributed by atoms with van der Waals surface area (Å²) in [6, 6.07) is 17.0. The fourth-order valence-corrected chi connectivity index (χ4v) is 3.04. The zero-order chi connectivity index (χ0) is 20.8. The van der Waals surface area contributed by atoms with E-state index in [0.29, 0.717) is 42.1 Å². The average Bonchev–Trinajstić information content (AvgIpc) is 2.76. The fourth-order valence-electron chi connectivity index (χ4n) is 3.04. The molecular formula is C22H21N7O. The fraction of sp³-hybridized carbons (Fsp3) is 0.136. The molecule has 0 atom stereocenters. The molecule has 3 heterocycles. The number of carbonyl (C=O) groups is 1. The number of aryl methyl sites for hydroxylation is 1. The van der Waals surface area contributed by atoms with Crippen LogP contribution in [0.3, 0.4) is 0 Å². The maximum Gasteiger partial charge on any atom is 0.270 e. The molecule has 0 aliphatic rings. The molecule has 0 unspecified atom stereocenters. The molecule has 30 heavy (non-hydrogen) atoms. The van der Waals surface area contributed by atoms with Gasteiger partial charge in [0, 0.05) is 36.9 Å². The second-order valence-corrected chi connectivity index (χ2v) is 6.59. The second-order valence-electron chi connectivity index (χ2n) is 6.59. The molecule has 1 aromatic carbocycles. The Labute approximate surface area is 173 Å².